The number of carbonyl (C=O) groups excluding carboxylic acids is 1. The van der Waals surface area contributed by atoms with Crippen LogP contribution in [0.5, 0.6) is 0 Å². The predicted molar refractivity (Wildman–Crippen MR) is 95.3 cm³/mol. The summed E-state index contributed by atoms with van der Waals surface area (Å²) < 4.78 is 1.03. The van der Waals surface area contributed by atoms with Crippen LogP contribution in [0.15, 0.2) is 29.1 Å². The van der Waals surface area contributed by atoms with Crippen molar-refractivity contribution in [2.24, 2.45) is 0 Å². The number of benzene rings is 1. The maximum atomic E-state index is 12.2. The SMILES string of the molecule is Cc1nn(CC(=O)NCc2ccc(N(C)C)cc2)c(=O)c(C#N)c1C. The first-order valence-corrected chi connectivity index (χ1v) is 7.85. The lowest BCUT2D eigenvalue weighted by molar-refractivity contribution is -0.122. The number of hydrogen-bond donors (Lipinski definition) is 1. The van der Waals surface area contributed by atoms with Crippen molar-refractivity contribution < 1.29 is 4.79 Å². The molecule has 0 saturated carbocycles. The van der Waals surface area contributed by atoms with Gasteiger partial charge in [0.15, 0.2) is 0 Å². The number of anilines is 1. The first-order chi connectivity index (χ1) is 11.8. The molecule has 0 aliphatic carbocycles. The number of hydrogen-bond acceptors (Lipinski definition) is 5. The van der Waals surface area contributed by atoms with Crippen molar-refractivity contribution in [3.05, 3.63) is 57.0 Å². The monoisotopic (exact) mass is 339 g/mol. The molecule has 2 aromatic rings. The summed E-state index contributed by atoms with van der Waals surface area (Å²) in [6.45, 7) is 3.52. The Kier molecular flexibility index (Phi) is 5.55. The van der Waals surface area contributed by atoms with E-state index in [0.29, 0.717) is 17.8 Å². The summed E-state index contributed by atoms with van der Waals surface area (Å²) in [4.78, 5) is 26.3. The Morgan fingerprint density at radius 3 is 2.48 bits per heavy atom. The molecule has 0 aliphatic heterocycles. The Balaban J connectivity index is 2.05. The Morgan fingerprint density at radius 2 is 1.92 bits per heavy atom. The van der Waals surface area contributed by atoms with Gasteiger partial charge in [-0.25, -0.2) is 4.68 Å². The van der Waals surface area contributed by atoms with E-state index >= 15 is 0 Å². The Morgan fingerprint density at radius 1 is 1.28 bits per heavy atom. The fraction of sp³-hybridized carbons (Fsp3) is 0.333. The smallest absolute Gasteiger partial charge is 0.285 e. The summed E-state index contributed by atoms with van der Waals surface area (Å²) in [6, 6.07) is 9.69. The van der Waals surface area contributed by atoms with Crippen molar-refractivity contribution in [3.63, 3.8) is 0 Å². The predicted octanol–water partition coefficient (Wildman–Crippen LogP) is 1.11. The largest absolute Gasteiger partial charge is 0.378 e. The van der Waals surface area contributed by atoms with Crippen LogP contribution < -0.4 is 15.8 Å². The highest BCUT2D eigenvalue weighted by Gasteiger charge is 2.13. The van der Waals surface area contributed by atoms with Crippen molar-refractivity contribution in [2.75, 3.05) is 19.0 Å². The Hall–Kier alpha value is -3.14. The molecule has 0 saturated heterocycles. The number of nitrogens with zero attached hydrogens (tertiary/aromatic N) is 4. The Labute approximate surface area is 146 Å². The number of amides is 1. The van der Waals surface area contributed by atoms with Crippen LogP contribution in [0.25, 0.3) is 0 Å². The van der Waals surface area contributed by atoms with Crippen molar-refractivity contribution in [1.82, 2.24) is 15.1 Å². The molecule has 0 bridgehead atoms. The lowest BCUT2D eigenvalue weighted by Gasteiger charge is -2.13. The molecule has 1 aromatic heterocycles. The first kappa shape index (κ1) is 18.2. The lowest BCUT2D eigenvalue weighted by Crippen LogP contribution is -2.35. The molecule has 0 aliphatic rings. The van der Waals surface area contributed by atoms with E-state index in [9.17, 15) is 9.59 Å². The molecule has 1 heterocycles. The highest BCUT2D eigenvalue weighted by atomic mass is 16.2. The molecule has 0 atom stereocenters. The van der Waals surface area contributed by atoms with Gasteiger partial charge in [-0.3, -0.25) is 9.59 Å². The minimum atomic E-state index is -0.545. The summed E-state index contributed by atoms with van der Waals surface area (Å²) in [5.74, 6) is -0.335. The van der Waals surface area contributed by atoms with Crippen molar-refractivity contribution in [3.8, 4) is 6.07 Å². The molecule has 2 rings (SSSR count). The van der Waals surface area contributed by atoms with Gasteiger partial charge in [0, 0.05) is 26.3 Å². The first-order valence-electron chi connectivity index (χ1n) is 7.85. The van der Waals surface area contributed by atoms with Gasteiger partial charge in [-0.05, 0) is 37.1 Å². The number of nitrogens with one attached hydrogen (secondary N) is 1. The van der Waals surface area contributed by atoms with E-state index in [2.05, 4.69) is 10.4 Å². The topological polar surface area (TPSA) is 91.0 Å². The van der Waals surface area contributed by atoms with Crippen LogP contribution in [0.4, 0.5) is 5.69 Å². The molecule has 1 aromatic carbocycles. The normalized spacial score (nSPS) is 10.2. The quantitative estimate of drug-likeness (QED) is 0.881. The summed E-state index contributed by atoms with van der Waals surface area (Å²) in [5, 5.41) is 16.0. The number of rotatable bonds is 5. The van der Waals surface area contributed by atoms with E-state index < -0.39 is 5.56 Å². The van der Waals surface area contributed by atoms with E-state index in [0.717, 1.165) is 15.9 Å². The van der Waals surface area contributed by atoms with E-state index in [1.165, 1.54) is 0 Å². The molecule has 0 radical (unpaired) electrons. The third kappa shape index (κ3) is 4.23. The summed E-state index contributed by atoms with van der Waals surface area (Å²) >= 11 is 0. The molecule has 7 nitrogen and oxygen atoms in total. The standard InChI is InChI=1S/C18H21N5O2/c1-12-13(2)21-23(18(25)16(12)9-19)11-17(24)20-10-14-5-7-15(8-6-14)22(3)4/h5-8H,10-11H2,1-4H3,(H,20,24). The van der Waals surface area contributed by atoms with Gasteiger partial charge < -0.3 is 10.2 Å². The minimum Gasteiger partial charge on any atom is -0.378 e. The maximum absolute atomic E-state index is 12.2. The van der Waals surface area contributed by atoms with Gasteiger partial charge in [-0.15, -0.1) is 0 Å². The average molecular weight is 339 g/mol. The molecule has 0 fully saturated rings. The van der Waals surface area contributed by atoms with E-state index in [1.54, 1.807) is 13.8 Å². The number of carbonyl (C=O) groups is 1. The van der Waals surface area contributed by atoms with Gasteiger partial charge in [-0.1, -0.05) is 12.1 Å². The van der Waals surface area contributed by atoms with Crippen LogP contribution in [0.2, 0.25) is 0 Å². The maximum Gasteiger partial charge on any atom is 0.285 e. The molecular formula is C18H21N5O2. The van der Waals surface area contributed by atoms with Gasteiger partial charge in [0.1, 0.15) is 18.2 Å². The third-order valence-corrected chi connectivity index (χ3v) is 3.98. The van der Waals surface area contributed by atoms with Crippen LogP contribution in [0.1, 0.15) is 22.4 Å². The molecule has 1 N–H and O–H groups in total. The fourth-order valence-corrected chi connectivity index (χ4v) is 2.32. The zero-order chi connectivity index (χ0) is 18.6. The van der Waals surface area contributed by atoms with E-state index in [4.69, 9.17) is 5.26 Å². The molecule has 0 unspecified atom stereocenters. The van der Waals surface area contributed by atoms with Crippen LogP contribution in [-0.2, 0) is 17.9 Å². The van der Waals surface area contributed by atoms with Gasteiger partial charge >= 0.3 is 0 Å². The van der Waals surface area contributed by atoms with E-state index in [-0.39, 0.29) is 18.0 Å². The highest BCUT2D eigenvalue weighted by molar-refractivity contribution is 5.75. The zero-order valence-corrected chi connectivity index (χ0v) is 14.8. The Bertz CT molecular complexity index is 876. The molecule has 1 amide bonds. The van der Waals surface area contributed by atoms with Crippen LogP contribution in [-0.4, -0.2) is 29.8 Å². The van der Waals surface area contributed by atoms with Crippen LogP contribution >= 0.6 is 0 Å². The number of nitriles is 1. The molecule has 130 valence electrons. The van der Waals surface area contributed by atoms with Crippen LogP contribution in [0, 0.1) is 25.2 Å². The second-order valence-corrected chi connectivity index (χ2v) is 6.00. The molecule has 7 heteroatoms. The van der Waals surface area contributed by atoms with Crippen LogP contribution in [0.3, 0.4) is 0 Å². The summed E-state index contributed by atoms with van der Waals surface area (Å²) in [5.41, 5.74) is 2.62. The van der Waals surface area contributed by atoms with E-state index in [1.807, 2.05) is 49.3 Å². The summed E-state index contributed by atoms with van der Waals surface area (Å²) in [7, 11) is 3.92. The zero-order valence-electron chi connectivity index (χ0n) is 14.8. The number of aryl methyl sites for hydroxylation is 1. The highest BCUT2D eigenvalue weighted by Crippen LogP contribution is 2.12. The molecule has 25 heavy (non-hydrogen) atoms. The molecular weight excluding hydrogens is 318 g/mol. The second kappa shape index (κ2) is 7.62. The second-order valence-electron chi connectivity index (χ2n) is 6.00. The van der Waals surface area contributed by atoms with Gasteiger partial charge in [0.25, 0.3) is 5.56 Å². The minimum absolute atomic E-state index is 0.0274. The summed E-state index contributed by atoms with van der Waals surface area (Å²) in [6.07, 6.45) is 0. The van der Waals surface area contributed by atoms with Gasteiger partial charge in [0.2, 0.25) is 5.91 Å². The fourth-order valence-electron chi connectivity index (χ4n) is 2.32. The average Bonchev–Trinajstić information content (AvgIpc) is 2.58. The van der Waals surface area contributed by atoms with Crippen molar-refractivity contribution in [1.29, 1.82) is 5.26 Å². The molecule has 0 spiro atoms. The third-order valence-electron chi connectivity index (χ3n) is 3.98. The van der Waals surface area contributed by atoms with Crippen molar-refractivity contribution >= 4 is 11.6 Å². The number of aromatic nitrogens is 2. The van der Waals surface area contributed by atoms with Gasteiger partial charge in [0.05, 0.1) is 5.69 Å². The van der Waals surface area contributed by atoms with Gasteiger partial charge in [-0.2, -0.15) is 10.4 Å². The lowest BCUT2D eigenvalue weighted by atomic mass is 10.1. The van der Waals surface area contributed by atoms with Crippen molar-refractivity contribution in [2.45, 2.75) is 26.9 Å².